The van der Waals surface area contributed by atoms with Gasteiger partial charge in [0.2, 0.25) is 0 Å². The quantitative estimate of drug-likeness (QED) is 0.506. The molecule has 0 amide bonds. The summed E-state index contributed by atoms with van der Waals surface area (Å²) in [5.41, 5.74) is 8.49. The number of nitrogens with two attached hydrogens (primary N) is 1. The topological polar surface area (TPSA) is 107 Å². The van der Waals surface area contributed by atoms with E-state index in [-0.39, 0.29) is 11.1 Å². The average molecular weight is 230 g/mol. The molecular formula is C10H10N6O. The molecule has 0 saturated carbocycles. The minimum absolute atomic E-state index is 0.124. The molecule has 1 aliphatic heterocycles. The Labute approximate surface area is 96.5 Å². The number of anilines is 1. The summed E-state index contributed by atoms with van der Waals surface area (Å²) in [5.74, 6) is 0.124. The van der Waals surface area contributed by atoms with Crippen molar-refractivity contribution >= 4 is 17.3 Å². The third kappa shape index (κ3) is 1.63. The van der Waals surface area contributed by atoms with E-state index < -0.39 is 0 Å². The minimum atomic E-state index is -0.332. The molecule has 0 bridgehead atoms. The zero-order chi connectivity index (χ0) is 11.8. The second-order valence-corrected chi connectivity index (χ2v) is 3.67. The van der Waals surface area contributed by atoms with Gasteiger partial charge in [0.15, 0.2) is 5.69 Å². The van der Waals surface area contributed by atoms with Crippen LogP contribution in [0.25, 0.3) is 11.1 Å². The molecule has 1 atom stereocenters. The number of fused-ring (bicyclic) bond motifs is 1. The van der Waals surface area contributed by atoms with Gasteiger partial charge in [-0.2, -0.15) is 5.10 Å². The summed E-state index contributed by atoms with van der Waals surface area (Å²) < 4.78 is 0. The summed E-state index contributed by atoms with van der Waals surface area (Å²) in [4.78, 5) is 0. The van der Waals surface area contributed by atoms with Crippen molar-refractivity contribution in [3.63, 3.8) is 0 Å². The lowest BCUT2D eigenvalue weighted by molar-refractivity contribution is -0.783. The number of nitrogens with zero attached hydrogens (tertiary/aromatic N) is 2. The lowest BCUT2D eigenvalue weighted by Crippen LogP contribution is -2.98. The van der Waals surface area contributed by atoms with Crippen LogP contribution in [0.2, 0.25) is 0 Å². The first-order valence-corrected chi connectivity index (χ1v) is 5.03. The van der Waals surface area contributed by atoms with Crippen LogP contribution < -0.4 is 16.2 Å². The molecule has 2 heterocycles. The van der Waals surface area contributed by atoms with Crippen LogP contribution in [0, 0.1) is 5.21 Å². The highest BCUT2D eigenvalue weighted by atomic mass is 16.5. The Balaban J connectivity index is 2.07. The lowest BCUT2D eigenvalue weighted by Gasteiger charge is -2.23. The molecule has 5 N–H and O–H groups in total. The molecule has 0 saturated heterocycles. The Morgan fingerprint density at radius 1 is 1.29 bits per heavy atom. The van der Waals surface area contributed by atoms with Gasteiger partial charge >= 0.3 is 0 Å². The highest BCUT2D eigenvalue weighted by molar-refractivity contribution is 5.95. The number of aromatic nitrogens is 2. The van der Waals surface area contributed by atoms with Crippen LogP contribution in [-0.2, 0) is 0 Å². The molecule has 1 aliphatic rings. The minimum Gasteiger partial charge on any atom is -0.601 e. The van der Waals surface area contributed by atoms with Crippen molar-refractivity contribution in [2.24, 2.45) is 10.8 Å². The van der Waals surface area contributed by atoms with Gasteiger partial charge in [-0.15, -0.1) is 0 Å². The van der Waals surface area contributed by atoms with Crippen molar-refractivity contribution in [2.45, 2.75) is 0 Å². The van der Waals surface area contributed by atoms with Crippen LogP contribution in [0.5, 0.6) is 0 Å². The second-order valence-electron chi connectivity index (χ2n) is 3.67. The summed E-state index contributed by atoms with van der Waals surface area (Å²) in [7, 11) is 0. The van der Waals surface area contributed by atoms with E-state index in [1.165, 1.54) is 0 Å². The molecule has 0 fully saturated rings. The van der Waals surface area contributed by atoms with E-state index in [2.05, 4.69) is 20.6 Å². The van der Waals surface area contributed by atoms with E-state index in [0.717, 1.165) is 11.1 Å². The first-order chi connectivity index (χ1) is 8.24. The Bertz CT molecular complexity index is 576. The number of hydrogen-bond acceptors (Lipinski definition) is 5. The van der Waals surface area contributed by atoms with Crippen molar-refractivity contribution in [1.29, 1.82) is 0 Å². The number of H-pyrrole nitrogens is 1. The van der Waals surface area contributed by atoms with Crippen LogP contribution in [0.3, 0.4) is 0 Å². The molecule has 3 rings (SSSR count). The van der Waals surface area contributed by atoms with Crippen molar-refractivity contribution in [3.8, 4) is 11.1 Å². The average Bonchev–Trinajstić information content (AvgIpc) is 2.82. The maximum absolute atomic E-state index is 11.7. The van der Waals surface area contributed by atoms with E-state index in [1.807, 2.05) is 6.07 Å². The SMILES string of the molecule is NC1=N[NH+]([O-])c2cc(-c3cn[nH]c3)ccc2N1. The Hall–Kier alpha value is -2.38. The van der Waals surface area contributed by atoms with Crippen molar-refractivity contribution in [3.05, 3.63) is 35.8 Å². The van der Waals surface area contributed by atoms with Gasteiger partial charge in [-0.25, -0.2) is 5.17 Å². The third-order valence-corrected chi connectivity index (χ3v) is 2.57. The molecule has 0 aliphatic carbocycles. The predicted octanol–water partition coefficient (Wildman–Crippen LogP) is -0.254. The summed E-state index contributed by atoms with van der Waals surface area (Å²) in [5, 5.41) is 24.5. The maximum Gasteiger partial charge on any atom is 0.252 e. The fraction of sp³-hybridized carbons (Fsp3) is 0. The molecule has 7 nitrogen and oxygen atoms in total. The second kappa shape index (κ2) is 3.58. The zero-order valence-corrected chi connectivity index (χ0v) is 8.77. The Morgan fingerprint density at radius 2 is 2.18 bits per heavy atom. The monoisotopic (exact) mass is 230 g/mol. The molecule has 2 aromatic rings. The first-order valence-electron chi connectivity index (χ1n) is 5.03. The molecule has 1 aromatic carbocycles. The van der Waals surface area contributed by atoms with Crippen LogP contribution >= 0.6 is 0 Å². The van der Waals surface area contributed by atoms with Gasteiger partial charge in [-0.1, -0.05) is 6.07 Å². The number of quaternary nitrogens is 1. The number of guanidine groups is 1. The standard InChI is InChI=1S/C10H10N6O/c11-10-14-8-2-1-6(7-4-12-13-5-7)3-9(8)16(17)15-10/h1-5,16H,(H,12,13)(H3,11,14,15). The van der Waals surface area contributed by atoms with Gasteiger partial charge in [0.05, 0.1) is 6.20 Å². The van der Waals surface area contributed by atoms with Crippen molar-refractivity contribution in [2.75, 3.05) is 5.32 Å². The van der Waals surface area contributed by atoms with Crippen molar-refractivity contribution < 1.29 is 5.17 Å². The van der Waals surface area contributed by atoms with E-state index in [4.69, 9.17) is 5.73 Å². The van der Waals surface area contributed by atoms with Crippen LogP contribution in [0.1, 0.15) is 0 Å². The van der Waals surface area contributed by atoms with E-state index in [1.54, 1.807) is 24.5 Å². The lowest BCUT2D eigenvalue weighted by atomic mass is 10.1. The predicted molar refractivity (Wildman–Crippen MR) is 63.3 cm³/mol. The first kappa shape index (κ1) is 9.82. The highest BCUT2D eigenvalue weighted by Crippen LogP contribution is 2.27. The van der Waals surface area contributed by atoms with Crippen LogP contribution in [-0.4, -0.2) is 16.2 Å². The van der Waals surface area contributed by atoms with Gasteiger partial charge in [0.25, 0.3) is 5.96 Å². The fourth-order valence-corrected chi connectivity index (χ4v) is 1.75. The molecule has 7 heteroatoms. The summed E-state index contributed by atoms with van der Waals surface area (Å²) in [6.07, 6.45) is 3.46. The van der Waals surface area contributed by atoms with E-state index >= 15 is 0 Å². The molecule has 1 aromatic heterocycles. The van der Waals surface area contributed by atoms with Gasteiger partial charge in [0.1, 0.15) is 5.69 Å². The number of benzene rings is 1. The van der Waals surface area contributed by atoms with Crippen LogP contribution in [0.15, 0.2) is 35.7 Å². The molecule has 0 radical (unpaired) electrons. The molecular weight excluding hydrogens is 220 g/mol. The maximum atomic E-state index is 11.7. The molecule has 17 heavy (non-hydrogen) atoms. The number of hydrogen-bond donors (Lipinski definition) is 4. The summed E-state index contributed by atoms with van der Waals surface area (Å²) >= 11 is 0. The third-order valence-electron chi connectivity index (χ3n) is 2.57. The van der Waals surface area contributed by atoms with Crippen molar-refractivity contribution in [1.82, 2.24) is 10.2 Å². The zero-order valence-electron chi connectivity index (χ0n) is 8.77. The van der Waals surface area contributed by atoms with Gasteiger partial charge < -0.3 is 16.3 Å². The molecule has 0 spiro atoms. The smallest absolute Gasteiger partial charge is 0.252 e. The number of rotatable bonds is 1. The Kier molecular flexibility index (Phi) is 2.07. The number of nitrogens with one attached hydrogen (secondary N) is 3. The van der Waals surface area contributed by atoms with Crippen LogP contribution in [0.4, 0.5) is 11.4 Å². The molecule has 1 unspecified atom stereocenters. The number of aromatic amines is 1. The fourth-order valence-electron chi connectivity index (χ4n) is 1.75. The van der Waals surface area contributed by atoms with E-state index in [0.29, 0.717) is 11.4 Å². The highest BCUT2D eigenvalue weighted by Gasteiger charge is 2.18. The van der Waals surface area contributed by atoms with Gasteiger partial charge in [-0.05, 0) is 16.7 Å². The normalized spacial score (nSPS) is 18.2. The summed E-state index contributed by atoms with van der Waals surface area (Å²) in [6, 6.07) is 5.46. The summed E-state index contributed by atoms with van der Waals surface area (Å²) in [6.45, 7) is 0. The Morgan fingerprint density at radius 3 is 2.94 bits per heavy atom. The molecule has 86 valence electrons. The van der Waals surface area contributed by atoms with E-state index in [9.17, 15) is 5.21 Å². The van der Waals surface area contributed by atoms with Gasteiger partial charge in [0, 0.05) is 17.8 Å². The van der Waals surface area contributed by atoms with Gasteiger partial charge in [-0.3, -0.25) is 5.10 Å². The largest absolute Gasteiger partial charge is 0.601 e.